The maximum absolute atomic E-state index is 9.11. The Balaban J connectivity index is 0.000000211. The van der Waals surface area contributed by atoms with Crippen molar-refractivity contribution in [2.45, 2.75) is 13.8 Å². The van der Waals surface area contributed by atoms with E-state index >= 15 is 0 Å². The Kier molecular flexibility index (Phi) is 7.46. The number of aromatic hydroxyl groups is 2. The van der Waals surface area contributed by atoms with E-state index in [-0.39, 0.29) is 11.5 Å². The minimum Gasteiger partial charge on any atom is -0.508 e. The molecular formula is C16H19BrO4. The molecule has 0 radical (unpaired) electrons. The molecule has 0 unspecified atom stereocenters. The Bertz CT molecular complexity index is 540. The minimum absolute atomic E-state index is 0.230. The first-order valence-corrected chi connectivity index (χ1v) is 7.39. The predicted molar refractivity (Wildman–Crippen MR) is 86.3 cm³/mol. The Morgan fingerprint density at radius 3 is 1.90 bits per heavy atom. The van der Waals surface area contributed by atoms with Gasteiger partial charge in [-0.2, -0.15) is 0 Å². The summed E-state index contributed by atoms with van der Waals surface area (Å²) in [5.41, 5.74) is 0. The van der Waals surface area contributed by atoms with Gasteiger partial charge in [-0.1, -0.05) is 0 Å². The lowest BCUT2D eigenvalue weighted by atomic mass is 10.3. The van der Waals surface area contributed by atoms with Crippen molar-refractivity contribution in [1.82, 2.24) is 0 Å². The molecule has 0 atom stereocenters. The lowest BCUT2D eigenvalue weighted by Crippen LogP contribution is -1.90. The van der Waals surface area contributed by atoms with Crippen molar-refractivity contribution in [3.63, 3.8) is 0 Å². The Labute approximate surface area is 133 Å². The van der Waals surface area contributed by atoms with Crippen LogP contribution in [-0.2, 0) is 0 Å². The fourth-order valence-electron chi connectivity index (χ4n) is 1.45. The van der Waals surface area contributed by atoms with Crippen LogP contribution >= 0.6 is 15.9 Å². The zero-order valence-electron chi connectivity index (χ0n) is 12.0. The first kappa shape index (κ1) is 17.2. The van der Waals surface area contributed by atoms with Gasteiger partial charge in [0.25, 0.3) is 0 Å². The van der Waals surface area contributed by atoms with Crippen molar-refractivity contribution in [2.24, 2.45) is 0 Å². The fourth-order valence-corrected chi connectivity index (χ4v) is 1.81. The van der Waals surface area contributed by atoms with Crippen molar-refractivity contribution in [3.05, 3.63) is 46.9 Å². The van der Waals surface area contributed by atoms with Crippen LogP contribution in [0.25, 0.3) is 0 Å². The maximum atomic E-state index is 9.11. The summed E-state index contributed by atoms with van der Waals surface area (Å²) in [5, 5.41) is 18.0. The van der Waals surface area contributed by atoms with E-state index in [9.17, 15) is 0 Å². The molecule has 2 rings (SSSR count). The van der Waals surface area contributed by atoms with E-state index < -0.39 is 0 Å². The summed E-state index contributed by atoms with van der Waals surface area (Å²) in [7, 11) is 0. The summed E-state index contributed by atoms with van der Waals surface area (Å²) in [6.07, 6.45) is 0. The van der Waals surface area contributed by atoms with Crippen LogP contribution in [0.4, 0.5) is 0 Å². The van der Waals surface area contributed by atoms with Crippen LogP contribution in [-0.4, -0.2) is 23.4 Å². The Hall–Kier alpha value is -1.88. The fraction of sp³-hybridized carbons (Fsp3) is 0.250. The molecule has 0 fully saturated rings. The topological polar surface area (TPSA) is 58.9 Å². The number of halogens is 1. The lowest BCUT2D eigenvalue weighted by Gasteiger charge is -2.03. The smallest absolute Gasteiger partial charge is 0.130 e. The van der Waals surface area contributed by atoms with Crippen LogP contribution in [0, 0.1) is 0 Å². The molecule has 0 saturated carbocycles. The molecular weight excluding hydrogens is 336 g/mol. The molecule has 0 aliphatic carbocycles. The normalized spacial score (nSPS) is 9.48. The van der Waals surface area contributed by atoms with Crippen molar-refractivity contribution in [3.8, 4) is 23.0 Å². The van der Waals surface area contributed by atoms with E-state index in [1.54, 1.807) is 42.5 Å². The third-order valence-electron chi connectivity index (χ3n) is 2.38. The third kappa shape index (κ3) is 6.40. The SMILES string of the molecule is CCOc1ccc(O)c(Br)c1.CCOc1ccc(O)cc1. The van der Waals surface area contributed by atoms with Crippen molar-refractivity contribution in [1.29, 1.82) is 0 Å². The quantitative estimate of drug-likeness (QED) is 0.856. The largest absolute Gasteiger partial charge is 0.508 e. The summed E-state index contributed by atoms with van der Waals surface area (Å²) < 4.78 is 11.0. The van der Waals surface area contributed by atoms with Gasteiger partial charge in [-0.3, -0.25) is 0 Å². The molecule has 0 aromatic heterocycles. The highest BCUT2D eigenvalue weighted by molar-refractivity contribution is 9.10. The van der Waals surface area contributed by atoms with Crippen LogP contribution in [0.3, 0.4) is 0 Å². The van der Waals surface area contributed by atoms with E-state index in [1.165, 1.54) is 0 Å². The van der Waals surface area contributed by atoms with E-state index in [0.717, 1.165) is 11.5 Å². The van der Waals surface area contributed by atoms with Gasteiger partial charge in [0.05, 0.1) is 17.7 Å². The molecule has 4 nitrogen and oxygen atoms in total. The van der Waals surface area contributed by atoms with Gasteiger partial charge in [-0.25, -0.2) is 0 Å². The van der Waals surface area contributed by atoms with Crippen LogP contribution < -0.4 is 9.47 Å². The standard InChI is InChI=1S/C8H9BrO2.C8H10O2/c1-2-11-6-3-4-8(10)7(9)5-6;1-2-10-8-5-3-7(9)4-6-8/h3-5,10H,2H2,1H3;3-6,9H,2H2,1H3. The summed E-state index contributed by atoms with van der Waals surface area (Å²) >= 11 is 3.19. The molecule has 0 saturated heterocycles. The average molecular weight is 355 g/mol. The first-order valence-electron chi connectivity index (χ1n) is 6.60. The minimum atomic E-state index is 0.230. The molecule has 2 aromatic rings. The number of hydrogen-bond acceptors (Lipinski definition) is 4. The van der Waals surface area contributed by atoms with Gasteiger partial charge in [-0.15, -0.1) is 0 Å². The van der Waals surface area contributed by atoms with Gasteiger partial charge >= 0.3 is 0 Å². The molecule has 114 valence electrons. The number of phenolic OH excluding ortho intramolecular Hbond substituents is 2. The second-order valence-corrected chi connectivity index (χ2v) is 4.83. The molecule has 21 heavy (non-hydrogen) atoms. The van der Waals surface area contributed by atoms with Gasteiger partial charge in [0.1, 0.15) is 23.0 Å². The highest BCUT2D eigenvalue weighted by Crippen LogP contribution is 2.27. The molecule has 0 amide bonds. The first-order chi connectivity index (χ1) is 10.1. The number of ether oxygens (including phenoxy) is 2. The van der Waals surface area contributed by atoms with Crippen LogP contribution in [0.2, 0.25) is 0 Å². The van der Waals surface area contributed by atoms with E-state index in [1.807, 2.05) is 13.8 Å². The molecule has 5 heteroatoms. The molecule has 0 aliphatic heterocycles. The van der Waals surface area contributed by atoms with Crippen molar-refractivity contribution < 1.29 is 19.7 Å². The second-order valence-electron chi connectivity index (χ2n) is 3.97. The second kappa shape index (κ2) is 9.13. The van der Waals surface area contributed by atoms with Gasteiger partial charge in [0.15, 0.2) is 0 Å². The van der Waals surface area contributed by atoms with E-state index in [2.05, 4.69) is 15.9 Å². The molecule has 2 N–H and O–H groups in total. The zero-order valence-corrected chi connectivity index (χ0v) is 13.6. The molecule has 0 spiro atoms. The number of benzene rings is 2. The number of phenols is 2. The van der Waals surface area contributed by atoms with Crippen LogP contribution in [0.5, 0.6) is 23.0 Å². The van der Waals surface area contributed by atoms with Gasteiger partial charge < -0.3 is 19.7 Å². The third-order valence-corrected chi connectivity index (χ3v) is 3.01. The lowest BCUT2D eigenvalue weighted by molar-refractivity contribution is 0.339. The monoisotopic (exact) mass is 354 g/mol. The highest BCUT2D eigenvalue weighted by Gasteiger charge is 1.98. The molecule has 0 aliphatic rings. The molecule has 0 bridgehead atoms. The van der Waals surface area contributed by atoms with E-state index in [0.29, 0.717) is 17.7 Å². The zero-order chi connectivity index (χ0) is 15.7. The predicted octanol–water partition coefficient (Wildman–Crippen LogP) is 4.34. The van der Waals surface area contributed by atoms with Gasteiger partial charge in [-0.05, 0) is 72.2 Å². The van der Waals surface area contributed by atoms with Crippen LogP contribution in [0.15, 0.2) is 46.9 Å². The van der Waals surface area contributed by atoms with Crippen molar-refractivity contribution >= 4 is 15.9 Å². The van der Waals surface area contributed by atoms with Gasteiger partial charge in [0, 0.05) is 0 Å². The number of hydrogen-bond donors (Lipinski definition) is 2. The summed E-state index contributed by atoms with van der Waals surface area (Å²) in [6, 6.07) is 11.7. The molecule has 2 aromatic carbocycles. The van der Waals surface area contributed by atoms with Crippen LogP contribution in [0.1, 0.15) is 13.8 Å². The highest BCUT2D eigenvalue weighted by atomic mass is 79.9. The van der Waals surface area contributed by atoms with E-state index in [4.69, 9.17) is 19.7 Å². The molecule has 0 heterocycles. The average Bonchev–Trinajstić information content (AvgIpc) is 2.47. The number of rotatable bonds is 4. The van der Waals surface area contributed by atoms with Gasteiger partial charge in [0.2, 0.25) is 0 Å². The summed E-state index contributed by atoms with van der Waals surface area (Å²) in [6.45, 7) is 5.13. The Morgan fingerprint density at radius 2 is 1.38 bits per heavy atom. The van der Waals surface area contributed by atoms with Crippen molar-refractivity contribution in [2.75, 3.05) is 13.2 Å². The Morgan fingerprint density at radius 1 is 0.857 bits per heavy atom. The maximum Gasteiger partial charge on any atom is 0.130 e. The summed E-state index contributed by atoms with van der Waals surface area (Å²) in [5.74, 6) is 2.05. The summed E-state index contributed by atoms with van der Waals surface area (Å²) in [4.78, 5) is 0.